The summed E-state index contributed by atoms with van der Waals surface area (Å²) in [7, 11) is 0. The van der Waals surface area contributed by atoms with E-state index < -0.39 is 0 Å². The van der Waals surface area contributed by atoms with E-state index in [1.807, 2.05) is 0 Å². The molecule has 13 rings (SSSR count). The van der Waals surface area contributed by atoms with Gasteiger partial charge in [0.15, 0.2) is 0 Å². The Bertz CT molecular complexity index is 3800. The maximum Gasteiger partial charge on any atom is 0.0547 e. The lowest BCUT2D eigenvalue weighted by atomic mass is 9.87. The molecule has 0 saturated heterocycles. The Hall–Kier alpha value is -7.94. The number of fused-ring (bicyclic) bond motifs is 5. The van der Waals surface area contributed by atoms with E-state index in [2.05, 4.69) is 228 Å². The van der Waals surface area contributed by atoms with Crippen molar-refractivity contribution in [1.82, 2.24) is 4.57 Å². The first kappa shape index (κ1) is 33.1. The van der Waals surface area contributed by atoms with Gasteiger partial charge >= 0.3 is 0 Å². The number of nitrogens with zero attached hydrogens (tertiary/aromatic N) is 2. The molecule has 0 radical (unpaired) electrons. The van der Waals surface area contributed by atoms with E-state index in [-0.39, 0.29) is 0 Å². The molecule has 0 aliphatic carbocycles. The van der Waals surface area contributed by atoms with Gasteiger partial charge in [0.05, 0.1) is 11.0 Å². The first-order valence-corrected chi connectivity index (χ1v) is 20.8. The van der Waals surface area contributed by atoms with E-state index >= 15 is 0 Å². The van der Waals surface area contributed by atoms with Gasteiger partial charge in [0.1, 0.15) is 0 Å². The van der Waals surface area contributed by atoms with E-state index in [4.69, 9.17) is 0 Å². The summed E-state index contributed by atoms with van der Waals surface area (Å²) >= 11 is 0. The lowest BCUT2D eigenvalue weighted by Crippen LogP contribution is -2.10. The highest BCUT2D eigenvalue weighted by molar-refractivity contribution is 6.37. The van der Waals surface area contributed by atoms with Gasteiger partial charge in [-0.05, 0) is 136 Å². The van der Waals surface area contributed by atoms with E-state index in [0.29, 0.717) is 0 Å². The van der Waals surface area contributed by atoms with Crippen LogP contribution in [0.1, 0.15) is 0 Å². The van der Waals surface area contributed by atoms with Crippen LogP contribution < -0.4 is 4.90 Å². The van der Waals surface area contributed by atoms with Crippen LogP contribution in [0.2, 0.25) is 0 Å². The SMILES string of the molecule is c1ccc(N(c2ccc(-c3ccc4c5ccccc5n(-c5ccccc5)c4c3)cc2)c2cc3ccc4cccc5c6cccc7ccc8cccc(c(c2)c3c45)c8c76)cc1. The standard InChI is InChI=1S/C58H36N2/c1-3-15-43(16-4-1)59(45-31-28-37(29-32-45)41-30-33-48-47-19-7-8-23-53(47)60(54(48)35-41)44-17-5-2-6-18-44)46-34-42-27-26-40-13-10-21-50-49-20-9-12-38-24-25-39-14-11-22-51(57(39)55(38)49)52(36-46)58(42)56(40)50/h1-36H. The Morgan fingerprint density at radius 2 is 0.767 bits per heavy atom. The summed E-state index contributed by atoms with van der Waals surface area (Å²) in [6.45, 7) is 0. The summed E-state index contributed by atoms with van der Waals surface area (Å²) in [5, 5.41) is 17.9. The molecule has 0 saturated carbocycles. The topological polar surface area (TPSA) is 8.17 Å². The second-order valence-electron chi connectivity index (χ2n) is 16.1. The summed E-state index contributed by atoms with van der Waals surface area (Å²) in [6.07, 6.45) is 0. The summed E-state index contributed by atoms with van der Waals surface area (Å²) < 4.78 is 2.39. The van der Waals surface area contributed by atoms with Crippen LogP contribution in [0.25, 0.3) is 103 Å². The Kier molecular flexibility index (Phi) is 7.05. The fraction of sp³-hybridized carbons (Fsp3) is 0. The van der Waals surface area contributed by atoms with Crippen molar-refractivity contribution in [3.05, 3.63) is 218 Å². The van der Waals surface area contributed by atoms with Crippen LogP contribution in [-0.2, 0) is 0 Å². The molecule has 0 atom stereocenters. The minimum atomic E-state index is 1.11. The number of anilines is 3. The first-order chi connectivity index (χ1) is 29.8. The predicted octanol–water partition coefficient (Wildman–Crippen LogP) is 16.3. The van der Waals surface area contributed by atoms with Crippen LogP contribution in [-0.4, -0.2) is 4.57 Å². The normalized spacial score (nSPS) is 12.0. The molecular formula is C58H36N2. The molecule has 0 fully saturated rings. The van der Waals surface area contributed by atoms with Crippen molar-refractivity contribution in [3.8, 4) is 16.8 Å². The maximum atomic E-state index is 2.44. The lowest BCUT2D eigenvalue weighted by molar-refractivity contribution is 1.18. The molecule has 0 unspecified atom stereocenters. The highest BCUT2D eigenvalue weighted by Crippen LogP contribution is 2.46. The first-order valence-electron chi connectivity index (χ1n) is 20.8. The summed E-state index contributed by atoms with van der Waals surface area (Å²) in [4.78, 5) is 2.42. The smallest absolute Gasteiger partial charge is 0.0547 e. The zero-order chi connectivity index (χ0) is 39.3. The highest BCUT2D eigenvalue weighted by atomic mass is 15.1. The third kappa shape index (κ3) is 4.82. The second kappa shape index (κ2) is 12.8. The van der Waals surface area contributed by atoms with Crippen LogP contribution in [0.3, 0.4) is 0 Å². The van der Waals surface area contributed by atoms with Crippen molar-refractivity contribution in [2.24, 2.45) is 0 Å². The molecule has 1 heterocycles. The van der Waals surface area contributed by atoms with Gasteiger partial charge in [0, 0.05) is 33.5 Å². The van der Waals surface area contributed by atoms with Crippen molar-refractivity contribution in [2.75, 3.05) is 4.90 Å². The average Bonchev–Trinajstić information content (AvgIpc) is 3.64. The van der Waals surface area contributed by atoms with E-state index in [9.17, 15) is 0 Å². The van der Waals surface area contributed by atoms with Gasteiger partial charge in [0.2, 0.25) is 0 Å². The van der Waals surface area contributed by atoms with Gasteiger partial charge < -0.3 is 9.47 Å². The van der Waals surface area contributed by atoms with Crippen LogP contribution in [0.15, 0.2) is 218 Å². The van der Waals surface area contributed by atoms with E-state index in [1.54, 1.807) is 0 Å². The number of para-hydroxylation sites is 3. The van der Waals surface area contributed by atoms with Gasteiger partial charge in [-0.25, -0.2) is 0 Å². The highest BCUT2D eigenvalue weighted by Gasteiger charge is 2.20. The zero-order valence-corrected chi connectivity index (χ0v) is 32.7. The molecule has 278 valence electrons. The molecule has 0 aliphatic heterocycles. The minimum Gasteiger partial charge on any atom is -0.310 e. The molecule has 2 nitrogen and oxygen atoms in total. The van der Waals surface area contributed by atoms with Crippen molar-refractivity contribution >= 4 is 104 Å². The Balaban J connectivity index is 1.04. The van der Waals surface area contributed by atoms with Gasteiger partial charge in [0.25, 0.3) is 0 Å². The summed E-state index contributed by atoms with van der Waals surface area (Å²) in [5.41, 5.74) is 9.29. The molecule has 13 aromatic rings. The van der Waals surface area contributed by atoms with Crippen molar-refractivity contribution in [2.45, 2.75) is 0 Å². The Labute approximate surface area is 346 Å². The summed E-state index contributed by atoms with van der Waals surface area (Å²) in [5.74, 6) is 0. The number of hydrogen-bond acceptors (Lipinski definition) is 1. The van der Waals surface area contributed by atoms with E-state index in [0.717, 1.165) is 22.7 Å². The van der Waals surface area contributed by atoms with Gasteiger partial charge in [-0.3, -0.25) is 0 Å². The molecule has 60 heavy (non-hydrogen) atoms. The van der Waals surface area contributed by atoms with Crippen LogP contribution in [0.4, 0.5) is 17.1 Å². The third-order valence-corrected chi connectivity index (χ3v) is 12.8. The third-order valence-electron chi connectivity index (χ3n) is 12.8. The maximum absolute atomic E-state index is 2.44. The number of hydrogen-bond donors (Lipinski definition) is 0. The predicted molar refractivity (Wildman–Crippen MR) is 257 cm³/mol. The van der Waals surface area contributed by atoms with Gasteiger partial charge in [-0.15, -0.1) is 0 Å². The zero-order valence-electron chi connectivity index (χ0n) is 32.7. The largest absolute Gasteiger partial charge is 0.310 e. The fourth-order valence-corrected chi connectivity index (χ4v) is 10.2. The van der Waals surface area contributed by atoms with Crippen molar-refractivity contribution in [3.63, 3.8) is 0 Å². The average molecular weight is 761 g/mol. The van der Waals surface area contributed by atoms with Crippen LogP contribution in [0.5, 0.6) is 0 Å². The van der Waals surface area contributed by atoms with Crippen LogP contribution in [0, 0.1) is 0 Å². The number of benzene rings is 11. The summed E-state index contributed by atoms with van der Waals surface area (Å²) in [6, 6.07) is 80.7. The molecule has 0 aliphatic rings. The quantitative estimate of drug-likeness (QED) is 0.159. The molecule has 1 aromatic heterocycles. The lowest BCUT2D eigenvalue weighted by Gasteiger charge is -2.27. The molecule has 12 aromatic carbocycles. The van der Waals surface area contributed by atoms with Gasteiger partial charge in [-0.1, -0.05) is 158 Å². The minimum absolute atomic E-state index is 1.11. The van der Waals surface area contributed by atoms with Crippen molar-refractivity contribution < 1.29 is 0 Å². The van der Waals surface area contributed by atoms with E-state index in [1.165, 1.54) is 97.6 Å². The molecular weight excluding hydrogens is 725 g/mol. The molecule has 2 heteroatoms. The monoisotopic (exact) mass is 760 g/mol. The van der Waals surface area contributed by atoms with Gasteiger partial charge in [-0.2, -0.15) is 0 Å². The second-order valence-corrected chi connectivity index (χ2v) is 16.1. The molecule has 0 N–H and O–H groups in total. The molecule has 0 bridgehead atoms. The number of aromatic nitrogens is 1. The van der Waals surface area contributed by atoms with Crippen molar-refractivity contribution in [1.29, 1.82) is 0 Å². The van der Waals surface area contributed by atoms with Crippen LogP contribution >= 0.6 is 0 Å². The fourth-order valence-electron chi connectivity index (χ4n) is 10.2. The number of rotatable bonds is 5. The molecule has 0 spiro atoms. The molecule has 0 amide bonds. The Morgan fingerprint density at radius 1 is 0.267 bits per heavy atom. The Morgan fingerprint density at radius 3 is 1.43 bits per heavy atom.